The van der Waals surface area contributed by atoms with Crippen molar-refractivity contribution in [3.05, 3.63) is 35.3 Å². The molecule has 1 N–H and O–H groups in total. The van der Waals surface area contributed by atoms with E-state index in [1.807, 2.05) is 0 Å². The molecule has 0 spiro atoms. The van der Waals surface area contributed by atoms with Gasteiger partial charge >= 0.3 is 0 Å². The predicted octanol–water partition coefficient (Wildman–Crippen LogP) is 3.77. The molecule has 0 amide bonds. The fourth-order valence-corrected chi connectivity index (χ4v) is 2.49. The molecule has 1 aromatic carbocycles. The van der Waals surface area contributed by atoms with Gasteiger partial charge in [-0.05, 0) is 37.8 Å². The molecule has 1 fully saturated rings. The molecule has 116 valence electrons. The van der Waals surface area contributed by atoms with E-state index in [0.29, 0.717) is 0 Å². The average Bonchev–Trinajstić information content (AvgIpc) is 2.58. The molecule has 0 atom stereocenters. The number of rotatable bonds is 4. The van der Waals surface area contributed by atoms with Gasteiger partial charge in [0.1, 0.15) is 23.9 Å². The lowest BCUT2D eigenvalue weighted by Gasteiger charge is -2.24. The lowest BCUT2D eigenvalue weighted by atomic mass is 9.98. The molecule has 0 unspecified atom stereocenters. The quantitative estimate of drug-likeness (QED) is 0.854. The van der Waals surface area contributed by atoms with Gasteiger partial charge in [-0.15, -0.1) is 0 Å². The number of allylic oxidation sites excluding steroid dienone is 2. The monoisotopic (exact) mass is 310 g/mol. The molecule has 1 aliphatic rings. The molecule has 0 heterocycles. The van der Waals surface area contributed by atoms with E-state index in [1.165, 1.54) is 12.1 Å². The second kappa shape index (κ2) is 7.82. The summed E-state index contributed by atoms with van der Waals surface area (Å²) in [5.41, 5.74) is -0.357. The van der Waals surface area contributed by atoms with Crippen LogP contribution in [-0.4, -0.2) is 6.10 Å². The van der Waals surface area contributed by atoms with Crippen molar-refractivity contribution in [1.29, 1.82) is 15.8 Å². The highest BCUT2D eigenvalue weighted by atomic mass is 19.1. The van der Waals surface area contributed by atoms with Gasteiger partial charge in [0.15, 0.2) is 17.1 Å². The zero-order valence-electron chi connectivity index (χ0n) is 12.5. The first-order valence-electron chi connectivity index (χ1n) is 7.36. The van der Waals surface area contributed by atoms with Crippen LogP contribution in [0.4, 0.5) is 10.1 Å². The third-order valence-electron chi connectivity index (χ3n) is 3.65. The van der Waals surface area contributed by atoms with Gasteiger partial charge in [0.2, 0.25) is 0 Å². The second-order valence-electron chi connectivity index (χ2n) is 5.20. The number of anilines is 1. The van der Waals surface area contributed by atoms with Gasteiger partial charge in [0, 0.05) is 0 Å². The smallest absolute Gasteiger partial charge is 0.178 e. The number of halogens is 1. The summed E-state index contributed by atoms with van der Waals surface area (Å²) in [4.78, 5) is 0. The number of hydrogen-bond donors (Lipinski definition) is 1. The molecular weight excluding hydrogens is 295 g/mol. The maximum atomic E-state index is 14.1. The molecule has 0 radical (unpaired) electrons. The van der Waals surface area contributed by atoms with E-state index in [0.717, 1.165) is 32.1 Å². The van der Waals surface area contributed by atoms with Gasteiger partial charge in [0.25, 0.3) is 0 Å². The summed E-state index contributed by atoms with van der Waals surface area (Å²) in [7, 11) is 0. The van der Waals surface area contributed by atoms with Crippen LogP contribution in [0.1, 0.15) is 32.1 Å². The fraction of sp³-hybridized carbons (Fsp3) is 0.353. The van der Waals surface area contributed by atoms with Gasteiger partial charge in [0.05, 0.1) is 11.8 Å². The summed E-state index contributed by atoms with van der Waals surface area (Å²) in [6.07, 6.45) is 4.88. The fourth-order valence-electron chi connectivity index (χ4n) is 2.49. The molecule has 5 nitrogen and oxygen atoms in total. The summed E-state index contributed by atoms with van der Waals surface area (Å²) in [5.74, 6) is -0.532. The Balaban J connectivity index is 2.31. The number of benzene rings is 1. The van der Waals surface area contributed by atoms with Crippen LogP contribution < -0.4 is 10.1 Å². The van der Waals surface area contributed by atoms with E-state index in [-0.39, 0.29) is 28.8 Å². The zero-order chi connectivity index (χ0) is 16.7. The number of nitrogens with one attached hydrogen (secondary N) is 1. The minimum Gasteiger partial charge on any atom is -0.485 e. The van der Waals surface area contributed by atoms with E-state index in [4.69, 9.17) is 20.5 Å². The van der Waals surface area contributed by atoms with Gasteiger partial charge in [-0.2, -0.15) is 15.8 Å². The predicted molar refractivity (Wildman–Crippen MR) is 81.4 cm³/mol. The van der Waals surface area contributed by atoms with E-state index >= 15 is 0 Å². The van der Waals surface area contributed by atoms with Crippen molar-refractivity contribution < 1.29 is 9.13 Å². The van der Waals surface area contributed by atoms with Gasteiger partial charge < -0.3 is 10.1 Å². The molecule has 1 saturated carbocycles. The first-order valence-corrected chi connectivity index (χ1v) is 7.36. The molecule has 2 rings (SSSR count). The Hall–Kier alpha value is -3.04. The Kier molecular flexibility index (Phi) is 5.56. The van der Waals surface area contributed by atoms with Crippen LogP contribution in [0.2, 0.25) is 0 Å². The normalized spacial score (nSPS) is 14.0. The number of para-hydroxylation sites is 1. The SMILES string of the molecule is N#CC(C#N)=C(C#N)Nc1cccc(F)c1OC1CCCCC1. The lowest BCUT2D eigenvalue weighted by molar-refractivity contribution is 0.149. The third-order valence-corrected chi connectivity index (χ3v) is 3.65. The van der Waals surface area contributed by atoms with Crippen LogP contribution >= 0.6 is 0 Å². The Morgan fingerprint density at radius 3 is 2.39 bits per heavy atom. The minimum atomic E-state index is -0.548. The van der Waals surface area contributed by atoms with Gasteiger partial charge in [-0.1, -0.05) is 12.5 Å². The van der Waals surface area contributed by atoms with Crippen molar-refractivity contribution in [3.63, 3.8) is 0 Å². The van der Waals surface area contributed by atoms with Crippen LogP contribution in [0.25, 0.3) is 0 Å². The molecule has 1 aromatic rings. The summed E-state index contributed by atoms with van der Waals surface area (Å²) < 4.78 is 19.9. The number of hydrogen-bond acceptors (Lipinski definition) is 5. The summed E-state index contributed by atoms with van der Waals surface area (Å²) in [5, 5.41) is 29.5. The van der Waals surface area contributed by atoms with Crippen molar-refractivity contribution in [3.8, 4) is 24.0 Å². The van der Waals surface area contributed by atoms with Crippen LogP contribution in [0.5, 0.6) is 5.75 Å². The van der Waals surface area contributed by atoms with E-state index in [9.17, 15) is 4.39 Å². The van der Waals surface area contributed by atoms with Crippen LogP contribution in [0, 0.1) is 39.8 Å². The first kappa shape index (κ1) is 16.3. The highest BCUT2D eigenvalue weighted by Gasteiger charge is 2.20. The number of ether oxygens (including phenoxy) is 1. The average molecular weight is 310 g/mol. The van der Waals surface area contributed by atoms with E-state index in [2.05, 4.69) is 5.32 Å². The minimum absolute atomic E-state index is 0.0161. The number of nitriles is 3. The maximum absolute atomic E-state index is 14.1. The standard InChI is InChI=1S/C17H15FN4O/c18-14-7-4-8-15(22-16(11-21)12(9-19)10-20)17(14)23-13-5-2-1-3-6-13/h4,7-8,13,22H,1-3,5-6H2. The highest BCUT2D eigenvalue weighted by molar-refractivity contribution is 5.64. The molecule has 0 aromatic heterocycles. The van der Waals surface area contributed by atoms with E-state index < -0.39 is 5.82 Å². The Morgan fingerprint density at radius 1 is 1.09 bits per heavy atom. The molecule has 6 heteroatoms. The van der Waals surface area contributed by atoms with Crippen molar-refractivity contribution >= 4 is 5.69 Å². The second-order valence-corrected chi connectivity index (χ2v) is 5.20. The van der Waals surface area contributed by atoms with Crippen molar-refractivity contribution in [2.45, 2.75) is 38.2 Å². The van der Waals surface area contributed by atoms with Gasteiger partial charge in [-0.25, -0.2) is 4.39 Å². The van der Waals surface area contributed by atoms with Crippen molar-refractivity contribution in [2.24, 2.45) is 0 Å². The van der Waals surface area contributed by atoms with Gasteiger partial charge in [-0.3, -0.25) is 0 Å². The number of nitrogens with zero attached hydrogens (tertiary/aromatic N) is 3. The van der Waals surface area contributed by atoms with E-state index in [1.54, 1.807) is 24.3 Å². The maximum Gasteiger partial charge on any atom is 0.178 e. The molecule has 0 saturated heterocycles. The van der Waals surface area contributed by atoms with Crippen molar-refractivity contribution in [1.82, 2.24) is 0 Å². The summed E-state index contributed by atoms with van der Waals surface area (Å²) >= 11 is 0. The Labute approximate surface area is 134 Å². The first-order chi connectivity index (χ1) is 11.2. The van der Waals surface area contributed by atoms with Crippen LogP contribution in [0.3, 0.4) is 0 Å². The molecular formula is C17H15FN4O. The topological polar surface area (TPSA) is 92.6 Å². The van der Waals surface area contributed by atoms with Crippen LogP contribution in [0.15, 0.2) is 29.5 Å². The highest BCUT2D eigenvalue weighted by Crippen LogP contribution is 2.32. The Morgan fingerprint density at radius 2 is 1.78 bits per heavy atom. The molecule has 0 aliphatic heterocycles. The molecule has 0 bridgehead atoms. The largest absolute Gasteiger partial charge is 0.485 e. The molecule has 1 aliphatic carbocycles. The third kappa shape index (κ3) is 3.99. The lowest BCUT2D eigenvalue weighted by Crippen LogP contribution is -2.21. The van der Waals surface area contributed by atoms with Crippen molar-refractivity contribution in [2.75, 3.05) is 5.32 Å². The molecule has 23 heavy (non-hydrogen) atoms. The Bertz CT molecular complexity index is 714. The van der Waals surface area contributed by atoms with Crippen LogP contribution in [-0.2, 0) is 0 Å². The summed E-state index contributed by atoms with van der Waals surface area (Å²) in [6.45, 7) is 0. The zero-order valence-corrected chi connectivity index (χ0v) is 12.5. The summed E-state index contributed by atoms with van der Waals surface area (Å²) in [6, 6.07) is 9.31.